The number of carbonyl (C=O) groups is 1. The van der Waals surface area contributed by atoms with Crippen molar-refractivity contribution in [3.63, 3.8) is 0 Å². The van der Waals surface area contributed by atoms with E-state index in [1.165, 1.54) is 6.42 Å². The van der Waals surface area contributed by atoms with Gasteiger partial charge in [0.2, 0.25) is 0 Å². The molecule has 0 amide bonds. The second kappa shape index (κ2) is 6.76. The lowest BCUT2D eigenvalue weighted by atomic mass is 9.86. The lowest BCUT2D eigenvalue weighted by Gasteiger charge is -2.30. The predicted octanol–water partition coefficient (Wildman–Crippen LogP) is 5.23. The fraction of sp³-hybridized carbons (Fsp3) is 0.250. The molecular weight excluding hydrogens is 378 g/mol. The highest BCUT2D eigenvalue weighted by molar-refractivity contribution is 6.28. The number of rotatable bonds is 4. The van der Waals surface area contributed by atoms with Crippen LogP contribution in [0.4, 0.5) is 11.4 Å². The highest BCUT2D eigenvalue weighted by Crippen LogP contribution is 2.46. The zero-order valence-corrected chi connectivity index (χ0v) is 16.5. The van der Waals surface area contributed by atoms with Gasteiger partial charge in [0.1, 0.15) is 11.3 Å². The Kier molecular flexibility index (Phi) is 3.91. The number of ketones is 1. The summed E-state index contributed by atoms with van der Waals surface area (Å²) in [6, 6.07) is 13.4. The number of furan rings is 1. The monoisotopic (exact) mass is 399 g/mol. The molecule has 6 rings (SSSR count). The summed E-state index contributed by atoms with van der Waals surface area (Å²) in [5.41, 5.74) is 4.68. The van der Waals surface area contributed by atoms with Gasteiger partial charge in [0.05, 0.1) is 29.4 Å². The molecule has 2 aromatic heterocycles. The van der Waals surface area contributed by atoms with Crippen molar-refractivity contribution in [1.29, 1.82) is 0 Å². The van der Waals surface area contributed by atoms with E-state index in [0.717, 1.165) is 59.5 Å². The fourth-order valence-electron chi connectivity index (χ4n) is 4.65. The van der Waals surface area contributed by atoms with Crippen LogP contribution in [0.5, 0.6) is 0 Å². The van der Waals surface area contributed by atoms with E-state index in [1.54, 1.807) is 6.26 Å². The number of anilines is 2. The Morgan fingerprint density at radius 3 is 2.67 bits per heavy atom. The van der Waals surface area contributed by atoms with Crippen molar-refractivity contribution >= 4 is 28.1 Å². The van der Waals surface area contributed by atoms with Crippen LogP contribution in [-0.4, -0.2) is 24.0 Å². The first-order valence-electron chi connectivity index (χ1n) is 10.4. The molecule has 3 heterocycles. The molecule has 1 fully saturated rings. The second-order valence-electron chi connectivity index (χ2n) is 7.91. The summed E-state index contributed by atoms with van der Waals surface area (Å²) in [4.78, 5) is 15.9. The quantitative estimate of drug-likeness (QED) is 0.446. The van der Waals surface area contributed by atoms with Crippen molar-refractivity contribution in [2.45, 2.75) is 25.8 Å². The van der Waals surface area contributed by atoms with Gasteiger partial charge in [0.15, 0.2) is 11.5 Å². The Bertz CT molecular complexity index is 1250. The molecule has 2 aromatic carbocycles. The van der Waals surface area contributed by atoms with Crippen molar-refractivity contribution < 1.29 is 13.7 Å². The van der Waals surface area contributed by atoms with Gasteiger partial charge in [0, 0.05) is 29.9 Å². The van der Waals surface area contributed by atoms with Gasteiger partial charge in [0.25, 0.3) is 0 Å². The highest BCUT2D eigenvalue weighted by Gasteiger charge is 2.33. The molecule has 0 radical (unpaired) electrons. The molecule has 30 heavy (non-hydrogen) atoms. The number of nitrogens with one attached hydrogen (secondary N) is 1. The first-order chi connectivity index (χ1) is 14.8. The summed E-state index contributed by atoms with van der Waals surface area (Å²) in [7, 11) is 0. The maximum absolute atomic E-state index is 13.5. The van der Waals surface area contributed by atoms with Crippen LogP contribution in [0, 0.1) is 0 Å². The van der Waals surface area contributed by atoms with Crippen molar-refractivity contribution in [2.75, 3.05) is 23.3 Å². The predicted molar refractivity (Wildman–Crippen MR) is 115 cm³/mol. The molecule has 1 saturated heterocycles. The van der Waals surface area contributed by atoms with Gasteiger partial charge in [-0.05, 0) is 37.5 Å². The molecule has 0 spiro atoms. The van der Waals surface area contributed by atoms with E-state index in [4.69, 9.17) is 8.94 Å². The zero-order valence-electron chi connectivity index (χ0n) is 16.5. The summed E-state index contributed by atoms with van der Waals surface area (Å²) in [6.07, 6.45) is 5.22. The van der Waals surface area contributed by atoms with Crippen molar-refractivity contribution in [3.8, 4) is 11.3 Å². The third-order valence-electron chi connectivity index (χ3n) is 6.11. The van der Waals surface area contributed by atoms with E-state index in [1.807, 2.05) is 36.4 Å². The Hall–Kier alpha value is -3.54. The SMILES string of the molecule is O=C1c2ccccc2-c2onc3c(N4CCCCC4)cc(NCc4ccco4)c1c23. The molecule has 1 N–H and O–H groups in total. The smallest absolute Gasteiger partial charge is 0.196 e. The number of nitrogens with zero attached hydrogens (tertiary/aromatic N) is 2. The average Bonchev–Trinajstić information content (AvgIpc) is 3.47. The summed E-state index contributed by atoms with van der Waals surface area (Å²) < 4.78 is 11.3. The minimum absolute atomic E-state index is 0.00145. The molecule has 0 unspecified atom stereocenters. The van der Waals surface area contributed by atoms with Gasteiger partial charge in [-0.1, -0.05) is 29.4 Å². The van der Waals surface area contributed by atoms with E-state index >= 15 is 0 Å². The molecule has 0 saturated carbocycles. The fourth-order valence-corrected chi connectivity index (χ4v) is 4.65. The number of benzene rings is 2. The van der Waals surface area contributed by atoms with E-state index in [-0.39, 0.29) is 5.78 Å². The number of carbonyl (C=O) groups excluding carboxylic acids is 1. The molecular formula is C24H21N3O3. The van der Waals surface area contributed by atoms with Crippen molar-refractivity contribution in [1.82, 2.24) is 5.16 Å². The lowest BCUT2D eigenvalue weighted by Crippen LogP contribution is -2.30. The van der Waals surface area contributed by atoms with Gasteiger partial charge < -0.3 is 19.2 Å². The Morgan fingerprint density at radius 1 is 1.03 bits per heavy atom. The molecule has 0 atom stereocenters. The molecule has 1 aliphatic heterocycles. The lowest BCUT2D eigenvalue weighted by molar-refractivity contribution is 0.104. The van der Waals surface area contributed by atoms with Gasteiger partial charge in [-0.15, -0.1) is 0 Å². The molecule has 1 aliphatic carbocycles. The topological polar surface area (TPSA) is 71.5 Å². The Labute approximate surface area is 173 Å². The average molecular weight is 399 g/mol. The summed E-state index contributed by atoms with van der Waals surface area (Å²) in [5.74, 6) is 1.49. The number of hydrogen-bond donors (Lipinski definition) is 1. The summed E-state index contributed by atoms with van der Waals surface area (Å²) in [5, 5.41) is 8.68. The highest BCUT2D eigenvalue weighted by atomic mass is 16.5. The van der Waals surface area contributed by atoms with Crippen LogP contribution in [0.2, 0.25) is 0 Å². The summed E-state index contributed by atoms with van der Waals surface area (Å²) in [6.45, 7) is 2.47. The number of aromatic nitrogens is 1. The van der Waals surface area contributed by atoms with Crippen LogP contribution < -0.4 is 10.2 Å². The van der Waals surface area contributed by atoms with Gasteiger partial charge in [-0.2, -0.15) is 0 Å². The first kappa shape index (κ1) is 17.3. The van der Waals surface area contributed by atoms with Gasteiger partial charge >= 0.3 is 0 Å². The molecule has 0 bridgehead atoms. The molecule has 2 aliphatic rings. The standard InChI is InChI=1S/C24H21N3O3/c28-23-16-8-2-3-9-17(16)24-21-20(23)18(25-14-15-7-6-12-29-15)13-19(22(21)26-30-24)27-10-4-1-5-11-27/h2-3,6-9,12-13,25H,1,4-5,10-11,14H2. The van der Waals surface area contributed by atoms with Crippen molar-refractivity contribution in [2.24, 2.45) is 0 Å². The van der Waals surface area contributed by atoms with E-state index in [9.17, 15) is 4.79 Å². The zero-order chi connectivity index (χ0) is 20.1. The minimum Gasteiger partial charge on any atom is -0.467 e. The third kappa shape index (κ3) is 2.56. The third-order valence-corrected chi connectivity index (χ3v) is 6.11. The van der Waals surface area contributed by atoms with E-state index in [2.05, 4.69) is 21.4 Å². The number of hydrogen-bond acceptors (Lipinski definition) is 6. The number of fused-ring (bicyclic) bond motifs is 2. The van der Waals surface area contributed by atoms with Crippen LogP contribution in [0.1, 0.15) is 40.9 Å². The Morgan fingerprint density at radius 2 is 1.87 bits per heavy atom. The van der Waals surface area contributed by atoms with Crippen LogP contribution in [0.15, 0.2) is 57.7 Å². The van der Waals surface area contributed by atoms with Crippen molar-refractivity contribution in [3.05, 3.63) is 65.6 Å². The minimum atomic E-state index is -0.00145. The second-order valence-corrected chi connectivity index (χ2v) is 7.91. The largest absolute Gasteiger partial charge is 0.467 e. The maximum Gasteiger partial charge on any atom is 0.196 e. The molecule has 150 valence electrons. The first-order valence-corrected chi connectivity index (χ1v) is 10.4. The molecule has 6 heteroatoms. The van der Waals surface area contributed by atoms with E-state index < -0.39 is 0 Å². The van der Waals surface area contributed by atoms with Crippen LogP contribution in [0.25, 0.3) is 22.2 Å². The van der Waals surface area contributed by atoms with Crippen LogP contribution >= 0.6 is 0 Å². The summed E-state index contributed by atoms with van der Waals surface area (Å²) >= 11 is 0. The molecule has 4 aromatic rings. The number of piperidine rings is 1. The van der Waals surface area contributed by atoms with Gasteiger partial charge in [-0.25, -0.2) is 0 Å². The van der Waals surface area contributed by atoms with Gasteiger partial charge in [-0.3, -0.25) is 4.79 Å². The van der Waals surface area contributed by atoms with Crippen LogP contribution in [0.3, 0.4) is 0 Å². The normalized spacial score (nSPS) is 15.5. The van der Waals surface area contributed by atoms with Crippen LogP contribution in [-0.2, 0) is 6.54 Å². The van der Waals surface area contributed by atoms with E-state index in [0.29, 0.717) is 23.4 Å². The Balaban J connectivity index is 1.57. The maximum atomic E-state index is 13.5. The molecule has 6 nitrogen and oxygen atoms in total.